The number of rotatable bonds is 7. The molecule has 2 aromatic carbocycles. The van der Waals surface area contributed by atoms with Crippen LogP contribution in [0.2, 0.25) is 0 Å². The van der Waals surface area contributed by atoms with Crippen molar-refractivity contribution < 1.29 is 14.3 Å². The first kappa shape index (κ1) is 19.8. The summed E-state index contributed by atoms with van der Waals surface area (Å²) in [5, 5.41) is 6.31. The minimum Gasteiger partial charge on any atom is -0.451 e. The maximum atomic E-state index is 12.2. The smallest absolute Gasteiger partial charge is 0.358 e. The number of H-pyrrole nitrogens is 1. The van der Waals surface area contributed by atoms with Gasteiger partial charge >= 0.3 is 5.97 Å². The Morgan fingerprint density at radius 3 is 2.77 bits per heavy atom. The van der Waals surface area contributed by atoms with Gasteiger partial charge in [0.05, 0.1) is 0 Å². The quantitative estimate of drug-likeness (QED) is 0.442. The van der Waals surface area contributed by atoms with Crippen LogP contribution in [-0.4, -0.2) is 35.0 Å². The summed E-state index contributed by atoms with van der Waals surface area (Å²) in [7, 11) is 0. The molecule has 2 aromatic heterocycles. The number of thiazole rings is 1. The molecule has 0 aliphatic rings. The lowest BCUT2D eigenvalue weighted by Gasteiger charge is -2.05. The molecule has 152 valence electrons. The molecule has 0 saturated carbocycles. The predicted molar refractivity (Wildman–Crippen MR) is 118 cm³/mol. The third-order valence-electron chi connectivity index (χ3n) is 4.74. The van der Waals surface area contributed by atoms with Gasteiger partial charge in [0.2, 0.25) is 0 Å². The molecule has 4 aromatic rings. The Kier molecular flexibility index (Phi) is 5.90. The Labute approximate surface area is 177 Å². The number of carbonyl (C=O) groups is 2. The van der Waals surface area contributed by atoms with Crippen molar-refractivity contribution in [3.05, 3.63) is 76.9 Å². The highest BCUT2D eigenvalue weighted by Gasteiger charge is 2.15. The zero-order chi connectivity index (χ0) is 20.9. The van der Waals surface area contributed by atoms with Crippen LogP contribution in [0.1, 0.15) is 21.6 Å². The van der Waals surface area contributed by atoms with Gasteiger partial charge in [-0.05, 0) is 25.0 Å². The van der Waals surface area contributed by atoms with Gasteiger partial charge in [-0.25, -0.2) is 9.78 Å². The molecule has 0 radical (unpaired) electrons. The van der Waals surface area contributed by atoms with E-state index >= 15 is 0 Å². The first-order chi connectivity index (χ1) is 14.6. The number of aromatic nitrogens is 2. The van der Waals surface area contributed by atoms with Gasteiger partial charge in [0.1, 0.15) is 5.01 Å². The summed E-state index contributed by atoms with van der Waals surface area (Å²) in [5.74, 6) is -0.937. The second-order valence-electron chi connectivity index (χ2n) is 6.94. The molecule has 30 heavy (non-hydrogen) atoms. The number of para-hydroxylation sites is 1. The van der Waals surface area contributed by atoms with Crippen LogP contribution in [0.25, 0.3) is 21.5 Å². The molecule has 0 unspecified atom stereocenters. The lowest BCUT2D eigenvalue weighted by atomic mass is 10.1. The molecule has 6 nitrogen and oxygen atoms in total. The van der Waals surface area contributed by atoms with E-state index in [-0.39, 0.29) is 18.2 Å². The van der Waals surface area contributed by atoms with E-state index in [1.165, 1.54) is 11.3 Å². The molecule has 0 aliphatic carbocycles. The van der Waals surface area contributed by atoms with E-state index in [1.54, 1.807) is 5.38 Å². The van der Waals surface area contributed by atoms with Crippen LogP contribution in [-0.2, 0) is 16.0 Å². The van der Waals surface area contributed by atoms with E-state index in [4.69, 9.17) is 4.74 Å². The predicted octanol–water partition coefficient (Wildman–Crippen LogP) is 4.12. The molecule has 0 fully saturated rings. The monoisotopic (exact) mass is 419 g/mol. The molecule has 2 N–H and O–H groups in total. The van der Waals surface area contributed by atoms with Gasteiger partial charge in [-0.2, -0.15) is 0 Å². The molecule has 1 amide bonds. The second-order valence-corrected chi connectivity index (χ2v) is 7.80. The molecule has 0 saturated heterocycles. The highest BCUT2D eigenvalue weighted by atomic mass is 32.1. The van der Waals surface area contributed by atoms with E-state index in [9.17, 15) is 9.59 Å². The van der Waals surface area contributed by atoms with E-state index in [0.29, 0.717) is 13.0 Å². The number of aryl methyl sites for hydroxylation is 1. The number of carbonyl (C=O) groups excluding carboxylic acids is 2. The first-order valence-electron chi connectivity index (χ1n) is 9.61. The maximum absolute atomic E-state index is 12.2. The molecule has 2 heterocycles. The van der Waals surface area contributed by atoms with Gasteiger partial charge in [0.15, 0.2) is 12.3 Å². The number of esters is 1. The summed E-state index contributed by atoms with van der Waals surface area (Å²) < 4.78 is 5.10. The fourth-order valence-electron chi connectivity index (χ4n) is 3.13. The number of amides is 1. The molecule has 4 rings (SSSR count). The van der Waals surface area contributed by atoms with E-state index in [0.717, 1.165) is 32.6 Å². The number of fused-ring (bicyclic) bond motifs is 1. The van der Waals surface area contributed by atoms with Crippen molar-refractivity contribution in [2.45, 2.75) is 13.3 Å². The standard InChI is InChI=1S/C23H21N3O3S/c1-15-6-8-16(9-7-15)22-26-20(14-30-22)23(28)29-13-21(27)24-11-10-17-12-25-19-5-3-2-4-18(17)19/h2-9,12,14,25H,10-11,13H2,1H3,(H,24,27). The average molecular weight is 420 g/mol. The van der Waals surface area contributed by atoms with Crippen molar-refractivity contribution >= 4 is 34.1 Å². The lowest BCUT2D eigenvalue weighted by Crippen LogP contribution is -2.30. The Morgan fingerprint density at radius 2 is 1.93 bits per heavy atom. The molecule has 0 spiro atoms. The minimum atomic E-state index is -0.601. The summed E-state index contributed by atoms with van der Waals surface area (Å²) in [4.78, 5) is 31.7. The van der Waals surface area contributed by atoms with Crippen LogP contribution in [0.5, 0.6) is 0 Å². The zero-order valence-electron chi connectivity index (χ0n) is 16.5. The van der Waals surface area contributed by atoms with Gasteiger partial charge in [-0.1, -0.05) is 48.0 Å². The van der Waals surface area contributed by atoms with E-state index < -0.39 is 5.97 Å². The van der Waals surface area contributed by atoms with Crippen LogP contribution in [0.4, 0.5) is 0 Å². The van der Waals surface area contributed by atoms with Crippen molar-refractivity contribution in [3.8, 4) is 10.6 Å². The largest absolute Gasteiger partial charge is 0.451 e. The molecule has 0 bridgehead atoms. The van der Waals surface area contributed by atoms with Gasteiger partial charge < -0.3 is 15.0 Å². The highest BCUT2D eigenvalue weighted by Crippen LogP contribution is 2.24. The minimum absolute atomic E-state index is 0.210. The van der Waals surface area contributed by atoms with Gasteiger partial charge in [-0.3, -0.25) is 4.79 Å². The molecule has 0 aliphatic heterocycles. The summed E-state index contributed by atoms with van der Waals surface area (Å²) in [6.07, 6.45) is 2.64. The Bertz CT molecular complexity index is 1180. The van der Waals surface area contributed by atoms with Crippen LogP contribution in [0.3, 0.4) is 0 Å². The van der Waals surface area contributed by atoms with Gasteiger partial charge in [0.25, 0.3) is 5.91 Å². The summed E-state index contributed by atoms with van der Waals surface area (Å²) in [6, 6.07) is 15.9. The third-order valence-corrected chi connectivity index (χ3v) is 5.63. The zero-order valence-corrected chi connectivity index (χ0v) is 17.3. The number of aromatic amines is 1. The molecular weight excluding hydrogens is 398 g/mol. The Morgan fingerprint density at radius 1 is 1.13 bits per heavy atom. The number of nitrogens with zero attached hydrogens (tertiary/aromatic N) is 1. The van der Waals surface area contributed by atoms with Gasteiger partial charge in [-0.15, -0.1) is 11.3 Å². The first-order valence-corrected chi connectivity index (χ1v) is 10.5. The van der Waals surface area contributed by atoms with Crippen LogP contribution in [0.15, 0.2) is 60.1 Å². The fourth-order valence-corrected chi connectivity index (χ4v) is 3.92. The SMILES string of the molecule is Cc1ccc(-c2nc(C(=O)OCC(=O)NCCc3c[nH]c4ccccc34)cs2)cc1. The molecule has 7 heteroatoms. The third kappa shape index (κ3) is 4.58. The van der Waals surface area contributed by atoms with Crippen molar-refractivity contribution in [2.24, 2.45) is 0 Å². The summed E-state index contributed by atoms with van der Waals surface area (Å²) in [5.41, 5.74) is 4.52. The average Bonchev–Trinajstić information content (AvgIpc) is 3.41. The number of hydrogen-bond donors (Lipinski definition) is 2. The number of benzene rings is 2. The van der Waals surface area contributed by atoms with Crippen LogP contribution < -0.4 is 5.32 Å². The van der Waals surface area contributed by atoms with Crippen molar-refractivity contribution in [1.82, 2.24) is 15.3 Å². The van der Waals surface area contributed by atoms with E-state index in [2.05, 4.69) is 15.3 Å². The summed E-state index contributed by atoms with van der Waals surface area (Å²) >= 11 is 1.37. The fraction of sp³-hybridized carbons (Fsp3) is 0.174. The van der Waals surface area contributed by atoms with E-state index in [1.807, 2.05) is 61.7 Å². The van der Waals surface area contributed by atoms with Crippen molar-refractivity contribution in [3.63, 3.8) is 0 Å². The Hall–Kier alpha value is -3.45. The highest BCUT2D eigenvalue weighted by molar-refractivity contribution is 7.13. The number of hydrogen-bond acceptors (Lipinski definition) is 5. The molecular formula is C23H21N3O3S. The number of ether oxygens (including phenoxy) is 1. The second kappa shape index (κ2) is 8.92. The van der Waals surface area contributed by atoms with Crippen LogP contribution in [0, 0.1) is 6.92 Å². The van der Waals surface area contributed by atoms with Gasteiger partial charge in [0, 0.05) is 34.6 Å². The Balaban J connectivity index is 1.25. The van der Waals surface area contributed by atoms with Crippen molar-refractivity contribution in [1.29, 1.82) is 0 Å². The number of nitrogens with one attached hydrogen (secondary N) is 2. The van der Waals surface area contributed by atoms with Crippen molar-refractivity contribution in [2.75, 3.05) is 13.2 Å². The topological polar surface area (TPSA) is 84.1 Å². The normalized spacial score (nSPS) is 10.8. The lowest BCUT2D eigenvalue weighted by molar-refractivity contribution is -0.124. The maximum Gasteiger partial charge on any atom is 0.358 e. The van der Waals surface area contributed by atoms with Crippen LogP contribution >= 0.6 is 11.3 Å². The molecule has 0 atom stereocenters. The summed E-state index contributed by atoms with van der Waals surface area (Å²) in [6.45, 7) is 2.15.